The molecule has 1 aliphatic rings. The molecule has 2 heteroatoms. The third-order valence-electron chi connectivity index (χ3n) is 5.44. The van der Waals surface area contributed by atoms with Crippen LogP contribution < -0.4 is 9.80 Å². The molecular formula is C26H22N2. The van der Waals surface area contributed by atoms with Gasteiger partial charge in [0.05, 0.1) is 18.0 Å². The normalized spacial score (nSPS) is 12.9. The van der Waals surface area contributed by atoms with E-state index in [2.05, 4.69) is 120 Å². The molecule has 2 nitrogen and oxygen atoms in total. The van der Waals surface area contributed by atoms with Crippen LogP contribution in [-0.4, -0.2) is 13.7 Å². The zero-order chi connectivity index (χ0) is 18.9. The smallest absolute Gasteiger partial charge is 0.0950 e. The SMILES string of the molecule is CN1CN(c2ccc(-c3ccc(-c4ccccc4)cc3)cc2)c2ccccc21. The molecule has 0 bridgehead atoms. The van der Waals surface area contributed by atoms with Crippen molar-refractivity contribution in [1.29, 1.82) is 0 Å². The van der Waals surface area contributed by atoms with Gasteiger partial charge in [0.15, 0.2) is 0 Å². The lowest BCUT2D eigenvalue weighted by Gasteiger charge is -2.20. The molecule has 0 saturated carbocycles. The minimum atomic E-state index is 0.879. The first-order valence-corrected chi connectivity index (χ1v) is 9.63. The molecule has 4 aromatic carbocycles. The summed E-state index contributed by atoms with van der Waals surface area (Å²) in [6.45, 7) is 0.879. The quantitative estimate of drug-likeness (QED) is 0.407. The molecule has 0 atom stereocenters. The van der Waals surface area contributed by atoms with Crippen molar-refractivity contribution in [3.63, 3.8) is 0 Å². The summed E-state index contributed by atoms with van der Waals surface area (Å²) in [4.78, 5) is 4.64. The van der Waals surface area contributed by atoms with Crippen molar-refractivity contribution >= 4 is 17.1 Å². The molecule has 0 aromatic heterocycles. The van der Waals surface area contributed by atoms with E-state index in [1.54, 1.807) is 0 Å². The van der Waals surface area contributed by atoms with Crippen LogP contribution in [-0.2, 0) is 0 Å². The Hall–Kier alpha value is -3.52. The van der Waals surface area contributed by atoms with Crippen molar-refractivity contribution in [3.8, 4) is 22.3 Å². The Bertz CT molecular complexity index is 1080. The average Bonchev–Trinajstić information content (AvgIpc) is 3.11. The summed E-state index contributed by atoms with van der Waals surface area (Å²) in [6, 6.07) is 36.8. The van der Waals surface area contributed by atoms with Gasteiger partial charge in [0.2, 0.25) is 0 Å². The Labute approximate surface area is 166 Å². The molecule has 0 N–H and O–H groups in total. The van der Waals surface area contributed by atoms with Gasteiger partial charge in [0.1, 0.15) is 0 Å². The largest absolute Gasteiger partial charge is 0.355 e. The second-order valence-corrected chi connectivity index (χ2v) is 7.25. The summed E-state index contributed by atoms with van der Waals surface area (Å²) in [5, 5.41) is 0. The highest BCUT2D eigenvalue weighted by molar-refractivity contribution is 5.82. The van der Waals surface area contributed by atoms with E-state index < -0.39 is 0 Å². The molecule has 1 heterocycles. The van der Waals surface area contributed by atoms with Gasteiger partial charge in [-0.15, -0.1) is 0 Å². The Morgan fingerprint density at radius 2 is 0.964 bits per heavy atom. The minimum absolute atomic E-state index is 0.879. The van der Waals surface area contributed by atoms with Crippen LogP contribution in [0.1, 0.15) is 0 Å². The highest BCUT2D eigenvalue weighted by Crippen LogP contribution is 2.39. The molecule has 0 aliphatic carbocycles. The van der Waals surface area contributed by atoms with Crippen LogP contribution in [0.2, 0.25) is 0 Å². The predicted octanol–water partition coefficient (Wildman–Crippen LogP) is 6.57. The van der Waals surface area contributed by atoms with Gasteiger partial charge in [0.25, 0.3) is 0 Å². The van der Waals surface area contributed by atoms with Crippen LogP contribution in [0.15, 0.2) is 103 Å². The number of rotatable bonds is 3. The van der Waals surface area contributed by atoms with Crippen molar-refractivity contribution in [2.45, 2.75) is 0 Å². The van der Waals surface area contributed by atoms with Crippen LogP contribution in [0.25, 0.3) is 22.3 Å². The number of benzene rings is 4. The first kappa shape index (κ1) is 16.6. The second-order valence-electron chi connectivity index (χ2n) is 7.25. The lowest BCUT2D eigenvalue weighted by molar-refractivity contribution is 0.950. The van der Waals surface area contributed by atoms with Gasteiger partial charge in [0, 0.05) is 12.7 Å². The van der Waals surface area contributed by atoms with Crippen molar-refractivity contribution in [3.05, 3.63) is 103 Å². The molecule has 1 aliphatic heterocycles. The molecule has 5 rings (SSSR count). The lowest BCUT2D eigenvalue weighted by Crippen LogP contribution is -2.23. The van der Waals surface area contributed by atoms with Crippen molar-refractivity contribution in [1.82, 2.24) is 0 Å². The highest BCUT2D eigenvalue weighted by atomic mass is 15.4. The van der Waals surface area contributed by atoms with E-state index >= 15 is 0 Å². The molecular weight excluding hydrogens is 340 g/mol. The minimum Gasteiger partial charge on any atom is -0.355 e. The van der Waals surface area contributed by atoms with Gasteiger partial charge in [-0.2, -0.15) is 0 Å². The maximum absolute atomic E-state index is 2.36. The van der Waals surface area contributed by atoms with Crippen LogP contribution in [0.5, 0.6) is 0 Å². The van der Waals surface area contributed by atoms with E-state index in [9.17, 15) is 0 Å². The standard InChI is InChI=1S/C26H22N2/c1-27-19-28(26-10-6-5-9-25(26)27)24-17-15-23(16-18-24)22-13-11-21(12-14-22)20-7-3-2-4-8-20/h2-18H,19H2,1H3. The van der Waals surface area contributed by atoms with E-state index in [4.69, 9.17) is 0 Å². The van der Waals surface area contributed by atoms with Gasteiger partial charge in [-0.3, -0.25) is 0 Å². The monoisotopic (exact) mass is 362 g/mol. The van der Waals surface area contributed by atoms with E-state index in [0.717, 1.165) is 6.67 Å². The zero-order valence-corrected chi connectivity index (χ0v) is 15.9. The first-order chi connectivity index (χ1) is 13.8. The maximum Gasteiger partial charge on any atom is 0.0950 e. The molecule has 0 amide bonds. The highest BCUT2D eigenvalue weighted by Gasteiger charge is 2.23. The maximum atomic E-state index is 2.36. The summed E-state index contributed by atoms with van der Waals surface area (Å²) >= 11 is 0. The number of nitrogens with zero attached hydrogens (tertiary/aromatic N) is 2. The second kappa shape index (κ2) is 6.90. The fraction of sp³-hybridized carbons (Fsp3) is 0.0769. The lowest BCUT2D eigenvalue weighted by atomic mass is 10.00. The van der Waals surface area contributed by atoms with Crippen LogP contribution in [0.3, 0.4) is 0 Å². The molecule has 136 valence electrons. The number of hydrogen-bond acceptors (Lipinski definition) is 2. The average molecular weight is 362 g/mol. The van der Waals surface area contributed by atoms with Crippen molar-refractivity contribution in [2.75, 3.05) is 23.5 Å². The van der Waals surface area contributed by atoms with E-state index in [-0.39, 0.29) is 0 Å². The summed E-state index contributed by atoms with van der Waals surface area (Å²) in [5.74, 6) is 0. The Kier molecular flexibility index (Phi) is 4.10. The van der Waals surface area contributed by atoms with Crippen molar-refractivity contribution in [2.24, 2.45) is 0 Å². The van der Waals surface area contributed by atoms with Gasteiger partial charge in [-0.25, -0.2) is 0 Å². The fourth-order valence-electron chi connectivity index (χ4n) is 3.92. The number of fused-ring (bicyclic) bond motifs is 1. The topological polar surface area (TPSA) is 6.48 Å². The summed E-state index contributed by atoms with van der Waals surface area (Å²) in [5.41, 5.74) is 8.75. The van der Waals surface area contributed by atoms with E-state index in [0.29, 0.717) is 0 Å². The first-order valence-electron chi connectivity index (χ1n) is 9.63. The van der Waals surface area contributed by atoms with Crippen LogP contribution >= 0.6 is 0 Å². The Balaban J connectivity index is 1.40. The summed E-state index contributed by atoms with van der Waals surface area (Å²) in [6.07, 6.45) is 0. The summed E-state index contributed by atoms with van der Waals surface area (Å²) < 4.78 is 0. The molecule has 4 aromatic rings. The van der Waals surface area contributed by atoms with Gasteiger partial charge in [-0.05, 0) is 46.5 Å². The predicted molar refractivity (Wildman–Crippen MR) is 119 cm³/mol. The van der Waals surface area contributed by atoms with Gasteiger partial charge >= 0.3 is 0 Å². The van der Waals surface area contributed by atoms with Gasteiger partial charge < -0.3 is 9.80 Å². The Morgan fingerprint density at radius 3 is 1.57 bits per heavy atom. The number of para-hydroxylation sites is 2. The molecule has 0 unspecified atom stereocenters. The van der Waals surface area contributed by atoms with Crippen molar-refractivity contribution < 1.29 is 0 Å². The molecule has 0 radical (unpaired) electrons. The molecule has 0 saturated heterocycles. The van der Waals surface area contributed by atoms with E-state index in [1.165, 1.54) is 39.3 Å². The van der Waals surface area contributed by atoms with Gasteiger partial charge in [-0.1, -0.05) is 78.9 Å². The number of hydrogen-bond donors (Lipinski definition) is 0. The Morgan fingerprint density at radius 1 is 0.500 bits per heavy atom. The molecule has 28 heavy (non-hydrogen) atoms. The zero-order valence-electron chi connectivity index (χ0n) is 15.9. The molecule has 0 spiro atoms. The molecule has 0 fully saturated rings. The van der Waals surface area contributed by atoms with Crippen LogP contribution in [0.4, 0.5) is 17.1 Å². The third kappa shape index (κ3) is 2.93. The fourth-order valence-corrected chi connectivity index (χ4v) is 3.92. The number of anilines is 3. The summed E-state index contributed by atoms with van der Waals surface area (Å²) in [7, 11) is 2.14. The third-order valence-corrected chi connectivity index (χ3v) is 5.44. The van der Waals surface area contributed by atoms with E-state index in [1.807, 2.05) is 0 Å². The van der Waals surface area contributed by atoms with Crippen LogP contribution in [0, 0.1) is 0 Å².